The first-order chi connectivity index (χ1) is 23.5. The molecule has 2 aliphatic rings. The Morgan fingerprint density at radius 2 is 1.42 bits per heavy atom. The highest BCUT2D eigenvalue weighted by molar-refractivity contribution is 5.97. The quantitative estimate of drug-likeness (QED) is 0.109. The molecule has 5 aromatic carbocycles. The van der Waals surface area contributed by atoms with Crippen molar-refractivity contribution in [2.24, 2.45) is 0 Å². The van der Waals surface area contributed by atoms with Crippen molar-refractivity contribution >= 4 is 28.7 Å². The maximum absolute atomic E-state index is 13.5. The molecule has 0 bridgehead atoms. The van der Waals surface area contributed by atoms with E-state index >= 15 is 0 Å². The van der Waals surface area contributed by atoms with Crippen LogP contribution in [-0.4, -0.2) is 12.5 Å². The molecule has 5 heteroatoms. The summed E-state index contributed by atoms with van der Waals surface area (Å²) in [4.78, 5) is 15.9. The van der Waals surface area contributed by atoms with Gasteiger partial charge in [0.05, 0.1) is 5.56 Å². The van der Waals surface area contributed by atoms with Gasteiger partial charge in [-0.3, -0.25) is 0 Å². The number of fused-ring (bicyclic) bond motifs is 6. The highest BCUT2D eigenvalue weighted by Crippen LogP contribution is 2.57. The molecule has 0 saturated carbocycles. The van der Waals surface area contributed by atoms with Gasteiger partial charge in [-0.1, -0.05) is 88.1 Å². The Bertz CT molecular complexity index is 1920. The Kier molecular flexibility index (Phi) is 8.94. The van der Waals surface area contributed by atoms with E-state index in [1.807, 2.05) is 54.6 Å². The van der Waals surface area contributed by atoms with Gasteiger partial charge >= 0.3 is 5.97 Å². The molecule has 0 amide bonds. The molecule has 7 rings (SSSR count). The number of ether oxygens (including phenoxy) is 2. The van der Waals surface area contributed by atoms with E-state index in [4.69, 9.17) is 9.47 Å². The summed E-state index contributed by atoms with van der Waals surface area (Å²) in [6.07, 6.45) is 8.19. The molecule has 0 aliphatic carbocycles. The van der Waals surface area contributed by atoms with Crippen molar-refractivity contribution in [1.29, 1.82) is 0 Å². The summed E-state index contributed by atoms with van der Waals surface area (Å²) in [6, 6.07) is 37.4. The van der Waals surface area contributed by atoms with Crippen LogP contribution in [0.2, 0.25) is 0 Å². The maximum atomic E-state index is 13.5. The van der Waals surface area contributed by atoms with Gasteiger partial charge in [-0.2, -0.15) is 0 Å². The lowest BCUT2D eigenvalue weighted by atomic mass is 9.77. The molecule has 2 aliphatic heterocycles. The molecule has 2 heterocycles. The largest absolute Gasteiger partial charge is 0.456 e. The first kappa shape index (κ1) is 31.6. The zero-order valence-corrected chi connectivity index (χ0v) is 28.2. The van der Waals surface area contributed by atoms with Crippen molar-refractivity contribution in [3.8, 4) is 11.5 Å². The van der Waals surface area contributed by atoms with Gasteiger partial charge in [0.25, 0.3) is 0 Å². The number of aryl methyl sites for hydroxylation is 2. The monoisotopic (exact) mass is 636 g/mol. The predicted octanol–water partition coefficient (Wildman–Crippen LogP) is 11.4. The predicted molar refractivity (Wildman–Crippen MR) is 195 cm³/mol. The maximum Gasteiger partial charge on any atom is 0.340 e. The first-order valence-electron chi connectivity index (χ1n) is 17.5. The van der Waals surface area contributed by atoms with Crippen molar-refractivity contribution in [2.45, 2.75) is 71.3 Å². The summed E-state index contributed by atoms with van der Waals surface area (Å²) >= 11 is 0. The average molecular weight is 637 g/mol. The minimum atomic E-state index is -1.14. The van der Waals surface area contributed by atoms with Crippen molar-refractivity contribution in [1.82, 2.24) is 0 Å². The molecule has 48 heavy (non-hydrogen) atoms. The molecule has 1 atom stereocenters. The van der Waals surface area contributed by atoms with E-state index < -0.39 is 5.60 Å². The summed E-state index contributed by atoms with van der Waals surface area (Å²) in [7, 11) is 0. The second-order valence-electron chi connectivity index (χ2n) is 13.0. The van der Waals surface area contributed by atoms with E-state index in [1.165, 1.54) is 43.4 Å². The highest BCUT2D eigenvalue weighted by Gasteiger charge is 2.53. The molecule has 1 spiro atoms. The van der Waals surface area contributed by atoms with Crippen LogP contribution < -0.4 is 15.0 Å². The molecular weight excluding hydrogens is 592 g/mol. The number of nitrogens with zero attached hydrogens (tertiary/aromatic N) is 1. The van der Waals surface area contributed by atoms with Crippen molar-refractivity contribution in [2.75, 3.05) is 16.8 Å². The fourth-order valence-electron chi connectivity index (χ4n) is 7.12. The van der Waals surface area contributed by atoms with Gasteiger partial charge in [0.1, 0.15) is 11.5 Å². The van der Waals surface area contributed by atoms with Crippen LogP contribution in [0, 0.1) is 6.92 Å². The number of anilines is 4. The number of benzene rings is 5. The van der Waals surface area contributed by atoms with Crippen molar-refractivity contribution in [3.05, 3.63) is 143 Å². The Hall–Kier alpha value is -5.03. The number of carbonyl (C=O) groups excluding carboxylic acids is 1. The SMILES string of the molecule is CCCCCCN(c1ccc(CCCC)cc1)c1ccc2c(c1)Oc1cc(C)c(Nc3ccccc3)cc1C21OC(=O)c2ccccc21. The molecule has 0 fully saturated rings. The van der Waals surface area contributed by atoms with E-state index in [0.29, 0.717) is 17.1 Å². The number of nitrogens with one attached hydrogen (secondary N) is 1. The lowest BCUT2D eigenvalue weighted by Gasteiger charge is -2.38. The standard InChI is InChI=1S/C43H44N2O3/c1-4-6-8-14-26-45(33-22-20-31(21-23-33)15-7-5-2)34-24-25-37-41(28-34)47-40-27-30(3)39(44-32-16-10-9-11-17-32)29-38(40)43(37)36-19-13-12-18-35(36)42(46)48-43/h9-13,16-25,27-29,44H,4-8,14-15,26H2,1-3H3. The third-order valence-electron chi connectivity index (χ3n) is 9.71. The van der Waals surface area contributed by atoms with Crippen LogP contribution in [0.15, 0.2) is 109 Å². The lowest BCUT2D eigenvalue weighted by Crippen LogP contribution is -2.33. The zero-order chi connectivity index (χ0) is 33.1. The third kappa shape index (κ3) is 5.83. The van der Waals surface area contributed by atoms with Gasteiger partial charge in [-0.15, -0.1) is 0 Å². The van der Waals surface area contributed by atoms with Gasteiger partial charge in [0.15, 0.2) is 5.60 Å². The van der Waals surface area contributed by atoms with Crippen LogP contribution in [0.25, 0.3) is 0 Å². The fourth-order valence-corrected chi connectivity index (χ4v) is 7.12. The van der Waals surface area contributed by atoms with Crippen molar-refractivity contribution in [3.63, 3.8) is 0 Å². The molecule has 5 aromatic rings. The van der Waals surface area contributed by atoms with Gasteiger partial charge in [0.2, 0.25) is 0 Å². The van der Waals surface area contributed by atoms with Gasteiger partial charge < -0.3 is 19.7 Å². The number of rotatable bonds is 12. The number of carbonyl (C=O) groups is 1. The molecule has 244 valence electrons. The molecular formula is C43H44N2O3. The van der Waals surface area contributed by atoms with E-state index in [2.05, 4.69) is 85.6 Å². The fraction of sp³-hybridized carbons (Fsp3) is 0.279. The van der Waals surface area contributed by atoms with E-state index in [9.17, 15) is 4.79 Å². The van der Waals surface area contributed by atoms with Crippen LogP contribution in [0.3, 0.4) is 0 Å². The number of hydrogen-bond donors (Lipinski definition) is 1. The Morgan fingerprint density at radius 1 is 0.688 bits per heavy atom. The van der Waals surface area contributed by atoms with Gasteiger partial charge in [0, 0.05) is 52.1 Å². The molecule has 1 N–H and O–H groups in total. The summed E-state index contributed by atoms with van der Waals surface area (Å²) in [5, 5.41) is 3.57. The average Bonchev–Trinajstić information content (AvgIpc) is 3.41. The zero-order valence-electron chi connectivity index (χ0n) is 28.2. The molecule has 0 saturated heterocycles. The van der Waals surface area contributed by atoms with Gasteiger partial charge in [-0.05, 0) is 91.9 Å². The second-order valence-corrected chi connectivity index (χ2v) is 13.0. The minimum absolute atomic E-state index is 0.327. The molecule has 0 aromatic heterocycles. The summed E-state index contributed by atoms with van der Waals surface area (Å²) in [6.45, 7) is 7.46. The Morgan fingerprint density at radius 3 is 2.21 bits per heavy atom. The van der Waals surface area contributed by atoms with Crippen LogP contribution in [0.5, 0.6) is 11.5 Å². The van der Waals surface area contributed by atoms with Crippen LogP contribution in [0.4, 0.5) is 22.7 Å². The Balaban J connectivity index is 1.33. The van der Waals surface area contributed by atoms with Crippen LogP contribution in [0.1, 0.15) is 90.5 Å². The minimum Gasteiger partial charge on any atom is -0.456 e. The number of esters is 1. The Labute approximate surface area is 284 Å². The van der Waals surface area contributed by atoms with Crippen LogP contribution >= 0.6 is 0 Å². The molecule has 0 radical (unpaired) electrons. The van der Waals surface area contributed by atoms with Crippen molar-refractivity contribution < 1.29 is 14.3 Å². The normalized spacial score (nSPS) is 15.7. The van der Waals surface area contributed by atoms with E-state index in [0.717, 1.165) is 58.7 Å². The summed E-state index contributed by atoms with van der Waals surface area (Å²) in [5.74, 6) is 1.06. The molecule has 5 nitrogen and oxygen atoms in total. The number of hydrogen-bond acceptors (Lipinski definition) is 5. The smallest absolute Gasteiger partial charge is 0.340 e. The highest BCUT2D eigenvalue weighted by atomic mass is 16.6. The van der Waals surface area contributed by atoms with Crippen LogP contribution in [-0.2, 0) is 16.8 Å². The topological polar surface area (TPSA) is 50.8 Å². The number of para-hydroxylation sites is 1. The number of unbranched alkanes of at least 4 members (excludes halogenated alkanes) is 4. The summed E-state index contributed by atoms with van der Waals surface area (Å²) in [5.41, 5.74) is 8.47. The third-order valence-corrected chi connectivity index (χ3v) is 9.71. The van der Waals surface area contributed by atoms with E-state index in [1.54, 1.807) is 0 Å². The van der Waals surface area contributed by atoms with E-state index in [-0.39, 0.29) is 5.97 Å². The second kappa shape index (κ2) is 13.6. The molecule has 1 unspecified atom stereocenters. The lowest BCUT2D eigenvalue weighted by molar-refractivity contribution is 0.0224. The summed E-state index contributed by atoms with van der Waals surface area (Å²) < 4.78 is 13.3. The van der Waals surface area contributed by atoms with Gasteiger partial charge in [-0.25, -0.2) is 4.79 Å². The first-order valence-corrected chi connectivity index (χ1v) is 17.5.